The summed E-state index contributed by atoms with van der Waals surface area (Å²) >= 11 is 0. The van der Waals surface area contributed by atoms with E-state index in [1.54, 1.807) is 6.92 Å². The lowest BCUT2D eigenvalue weighted by Gasteiger charge is -2.10. The molecule has 20 heavy (non-hydrogen) atoms. The second-order valence-electron chi connectivity index (χ2n) is 4.62. The van der Waals surface area contributed by atoms with Gasteiger partial charge in [0, 0.05) is 5.69 Å². The number of hydrogen-bond acceptors (Lipinski definition) is 2. The highest BCUT2D eigenvalue weighted by atomic mass is 19.1. The molecular weight excluding hydrogens is 257 g/mol. The summed E-state index contributed by atoms with van der Waals surface area (Å²) in [4.78, 5) is 11.8. The van der Waals surface area contributed by atoms with E-state index in [2.05, 4.69) is 5.32 Å². The van der Waals surface area contributed by atoms with Crippen LogP contribution in [0.25, 0.3) is 0 Å². The summed E-state index contributed by atoms with van der Waals surface area (Å²) in [7, 11) is 0. The quantitative estimate of drug-likeness (QED) is 0.926. The molecule has 0 atom stereocenters. The van der Waals surface area contributed by atoms with E-state index < -0.39 is 0 Å². The third-order valence-corrected chi connectivity index (χ3v) is 2.80. The number of benzene rings is 2. The molecule has 1 amide bonds. The highest BCUT2D eigenvalue weighted by Gasteiger charge is 2.06. The minimum Gasteiger partial charge on any atom is -0.483 e. The molecule has 4 heteroatoms. The predicted molar refractivity (Wildman–Crippen MR) is 76.4 cm³/mol. The van der Waals surface area contributed by atoms with Crippen LogP contribution < -0.4 is 10.1 Å². The minimum atomic E-state index is -0.320. The molecule has 0 unspecified atom stereocenters. The molecule has 0 aromatic heterocycles. The first kappa shape index (κ1) is 14.1. The topological polar surface area (TPSA) is 38.3 Å². The number of carbonyl (C=O) groups is 1. The maximum Gasteiger partial charge on any atom is 0.262 e. The number of ether oxygens (including phenoxy) is 1. The van der Waals surface area contributed by atoms with Gasteiger partial charge in [0.15, 0.2) is 6.61 Å². The SMILES string of the molecule is Cc1cccc(NC(=O)COc2ccc(F)cc2C)c1. The average Bonchev–Trinajstić information content (AvgIpc) is 2.37. The lowest BCUT2D eigenvalue weighted by atomic mass is 10.2. The molecule has 1 N–H and O–H groups in total. The van der Waals surface area contributed by atoms with E-state index in [-0.39, 0.29) is 18.3 Å². The van der Waals surface area contributed by atoms with Crippen molar-refractivity contribution in [1.82, 2.24) is 0 Å². The number of hydrogen-bond donors (Lipinski definition) is 1. The van der Waals surface area contributed by atoms with Crippen LogP contribution in [0.5, 0.6) is 5.75 Å². The van der Waals surface area contributed by atoms with Crippen molar-refractivity contribution in [3.63, 3.8) is 0 Å². The molecule has 0 spiro atoms. The Hall–Kier alpha value is -2.36. The first-order valence-corrected chi connectivity index (χ1v) is 6.30. The fourth-order valence-corrected chi connectivity index (χ4v) is 1.84. The molecular formula is C16H16FNO2. The minimum absolute atomic E-state index is 0.111. The van der Waals surface area contributed by atoms with E-state index in [1.807, 2.05) is 31.2 Å². The third-order valence-electron chi connectivity index (χ3n) is 2.80. The normalized spacial score (nSPS) is 10.2. The van der Waals surface area contributed by atoms with Gasteiger partial charge in [-0.05, 0) is 55.3 Å². The summed E-state index contributed by atoms with van der Waals surface area (Å²) in [6.07, 6.45) is 0. The molecule has 0 heterocycles. The Bertz CT molecular complexity index is 626. The predicted octanol–water partition coefficient (Wildman–Crippen LogP) is 3.46. The van der Waals surface area contributed by atoms with Crippen LogP contribution in [-0.4, -0.2) is 12.5 Å². The van der Waals surface area contributed by atoms with Crippen molar-refractivity contribution in [2.75, 3.05) is 11.9 Å². The van der Waals surface area contributed by atoms with Gasteiger partial charge in [0.25, 0.3) is 5.91 Å². The number of carbonyl (C=O) groups excluding carboxylic acids is 1. The van der Waals surface area contributed by atoms with Gasteiger partial charge >= 0.3 is 0 Å². The molecule has 0 aliphatic rings. The van der Waals surface area contributed by atoms with Crippen LogP contribution in [0.15, 0.2) is 42.5 Å². The molecule has 0 aliphatic heterocycles. The van der Waals surface area contributed by atoms with Gasteiger partial charge in [-0.15, -0.1) is 0 Å². The highest BCUT2D eigenvalue weighted by molar-refractivity contribution is 5.91. The van der Waals surface area contributed by atoms with E-state index in [1.165, 1.54) is 18.2 Å². The third kappa shape index (κ3) is 3.82. The molecule has 3 nitrogen and oxygen atoms in total. The summed E-state index contributed by atoms with van der Waals surface area (Å²) in [5, 5.41) is 2.75. The van der Waals surface area contributed by atoms with Gasteiger partial charge in [-0.1, -0.05) is 12.1 Å². The zero-order chi connectivity index (χ0) is 14.5. The Morgan fingerprint density at radius 3 is 2.70 bits per heavy atom. The van der Waals surface area contributed by atoms with Crippen molar-refractivity contribution in [1.29, 1.82) is 0 Å². The Labute approximate surface area is 117 Å². The number of anilines is 1. The van der Waals surface area contributed by atoms with Crippen molar-refractivity contribution >= 4 is 11.6 Å². The van der Waals surface area contributed by atoms with Crippen LogP contribution in [-0.2, 0) is 4.79 Å². The number of amides is 1. The first-order chi connectivity index (χ1) is 9.54. The highest BCUT2D eigenvalue weighted by Crippen LogP contribution is 2.18. The lowest BCUT2D eigenvalue weighted by Crippen LogP contribution is -2.20. The molecule has 0 aliphatic carbocycles. The summed E-state index contributed by atoms with van der Waals surface area (Å²) in [5.41, 5.74) is 2.46. The molecule has 0 bridgehead atoms. The molecule has 2 rings (SSSR count). The maximum absolute atomic E-state index is 12.9. The van der Waals surface area contributed by atoms with Crippen LogP contribution in [0.1, 0.15) is 11.1 Å². The fourth-order valence-electron chi connectivity index (χ4n) is 1.84. The Kier molecular flexibility index (Phi) is 4.35. The number of aryl methyl sites for hydroxylation is 2. The van der Waals surface area contributed by atoms with Crippen molar-refractivity contribution < 1.29 is 13.9 Å². The molecule has 0 saturated heterocycles. The monoisotopic (exact) mass is 273 g/mol. The standard InChI is InChI=1S/C16H16FNO2/c1-11-4-3-5-14(8-11)18-16(19)10-20-15-7-6-13(17)9-12(15)2/h3-9H,10H2,1-2H3,(H,18,19). The number of nitrogens with one attached hydrogen (secondary N) is 1. The summed E-state index contributed by atoms with van der Waals surface area (Å²) in [5.74, 6) is -0.0656. The smallest absolute Gasteiger partial charge is 0.262 e. The van der Waals surface area contributed by atoms with E-state index in [0.717, 1.165) is 11.3 Å². The summed E-state index contributed by atoms with van der Waals surface area (Å²) in [6.45, 7) is 3.57. The lowest BCUT2D eigenvalue weighted by molar-refractivity contribution is -0.118. The molecule has 0 fully saturated rings. The molecule has 0 saturated carbocycles. The Balaban J connectivity index is 1.92. The number of rotatable bonds is 4. The van der Waals surface area contributed by atoms with E-state index in [4.69, 9.17) is 4.74 Å². The molecule has 2 aromatic carbocycles. The van der Waals surface area contributed by atoms with Gasteiger partial charge in [-0.3, -0.25) is 4.79 Å². The largest absolute Gasteiger partial charge is 0.483 e. The molecule has 0 radical (unpaired) electrons. The van der Waals surface area contributed by atoms with Gasteiger partial charge in [0.1, 0.15) is 11.6 Å². The van der Waals surface area contributed by atoms with Crippen molar-refractivity contribution in [2.45, 2.75) is 13.8 Å². The van der Waals surface area contributed by atoms with Gasteiger partial charge < -0.3 is 10.1 Å². The first-order valence-electron chi connectivity index (χ1n) is 6.30. The van der Waals surface area contributed by atoms with Crippen molar-refractivity contribution in [2.24, 2.45) is 0 Å². The number of halogens is 1. The zero-order valence-electron chi connectivity index (χ0n) is 11.4. The van der Waals surface area contributed by atoms with Crippen LogP contribution in [0.2, 0.25) is 0 Å². The Morgan fingerprint density at radius 2 is 2.00 bits per heavy atom. The average molecular weight is 273 g/mol. The maximum atomic E-state index is 12.9. The van der Waals surface area contributed by atoms with E-state index in [0.29, 0.717) is 11.3 Å². The second-order valence-corrected chi connectivity index (χ2v) is 4.62. The van der Waals surface area contributed by atoms with Crippen LogP contribution in [0, 0.1) is 19.7 Å². The van der Waals surface area contributed by atoms with Crippen LogP contribution >= 0.6 is 0 Å². The van der Waals surface area contributed by atoms with Crippen LogP contribution in [0.3, 0.4) is 0 Å². The van der Waals surface area contributed by atoms with Crippen molar-refractivity contribution in [3.8, 4) is 5.75 Å². The summed E-state index contributed by atoms with van der Waals surface area (Å²) in [6, 6.07) is 11.7. The van der Waals surface area contributed by atoms with Gasteiger partial charge in [-0.25, -0.2) is 4.39 Å². The second kappa shape index (κ2) is 6.19. The van der Waals surface area contributed by atoms with E-state index in [9.17, 15) is 9.18 Å². The van der Waals surface area contributed by atoms with E-state index >= 15 is 0 Å². The molecule has 104 valence electrons. The summed E-state index contributed by atoms with van der Waals surface area (Å²) < 4.78 is 18.3. The van der Waals surface area contributed by atoms with Crippen LogP contribution in [0.4, 0.5) is 10.1 Å². The molecule has 2 aromatic rings. The zero-order valence-corrected chi connectivity index (χ0v) is 11.4. The van der Waals surface area contributed by atoms with Gasteiger partial charge in [-0.2, -0.15) is 0 Å². The van der Waals surface area contributed by atoms with Gasteiger partial charge in [0.2, 0.25) is 0 Å². The van der Waals surface area contributed by atoms with Crippen molar-refractivity contribution in [3.05, 3.63) is 59.4 Å². The van der Waals surface area contributed by atoms with Gasteiger partial charge in [0.05, 0.1) is 0 Å². The Morgan fingerprint density at radius 1 is 1.20 bits per heavy atom. The fraction of sp³-hybridized carbons (Fsp3) is 0.188.